The van der Waals surface area contributed by atoms with E-state index >= 15 is 14.4 Å². The smallest absolute Gasteiger partial charge is 0.193 e. The molecule has 5 heteroatoms. The zero-order valence-electron chi connectivity index (χ0n) is 42.4. The van der Waals surface area contributed by atoms with Crippen LogP contribution in [0.3, 0.4) is 0 Å². The second-order valence-corrected chi connectivity index (χ2v) is 21.2. The summed E-state index contributed by atoms with van der Waals surface area (Å²) >= 11 is 0. The summed E-state index contributed by atoms with van der Waals surface area (Å²) in [5.74, 6) is -0.631. The number of ketones is 3. The van der Waals surface area contributed by atoms with E-state index in [1.54, 1.807) is 0 Å². The first-order valence-corrected chi connectivity index (χ1v) is 26.3. The number of nitrogens with one attached hydrogen (secondary N) is 2. The van der Waals surface area contributed by atoms with Crippen LogP contribution in [0, 0.1) is 62.2 Å². The Balaban J connectivity index is 1.33. The summed E-state index contributed by atoms with van der Waals surface area (Å²) in [5, 5.41) is 7.54. The van der Waals surface area contributed by atoms with Gasteiger partial charge in [-0.2, -0.15) is 0 Å². The standard InChI is InChI=1S/C67H68N2O3/c1-45-21-17-33-55(47(45)3)57-37-61(53-31-19-35-68-43-53)66(39-49-23-9-5-10-24-49,41-59(57)63(70)51-27-13-7-14-28-51)65(72)67(40-50-25-11-6-12-26-50)42-60(64(71)52-29-15-8-16-30-52)58(56-34-18-22-46(2)48(56)4)38-62(67)54-32-20-36-69-44-54/h5-18,21-30,33-34,37-38,41-42,53-54,61-62,68-69H,19-20,31-32,35-36,39-40,43-44H2,1-4H3. The fourth-order valence-electron chi connectivity index (χ4n) is 12.8. The summed E-state index contributed by atoms with van der Waals surface area (Å²) in [6, 6.07) is 52.8. The molecule has 2 fully saturated rings. The van der Waals surface area contributed by atoms with Gasteiger partial charge >= 0.3 is 0 Å². The lowest BCUT2D eigenvalue weighted by molar-refractivity contribution is -0.140. The Bertz CT molecular complexity index is 2870. The van der Waals surface area contributed by atoms with Crippen molar-refractivity contribution in [1.29, 1.82) is 0 Å². The van der Waals surface area contributed by atoms with Gasteiger partial charge in [0, 0.05) is 22.3 Å². The van der Waals surface area contributed by atoms with Crippen molar-refractivity contribution in [3.63, 3.8) is 0 Å². The van der Waals surface area contributed by atoms with Crippen LogP contribution in [-0.4, -0.2) is 43.5 Å². The van der Waals surface area contributed by atoms with Gasteiger partial charge in [-0.25, -0.2) is 0 Å². The van der Waals surface area contributed by atoms with Crippen LogP contribution < -0.4 is 10.6 Å². The van der Waals surface area contributed by atoms with Crippen LogP contribution >= 0.6 is 0 Å². The lowest BCUT2D eigenvalue weighted by atomic mass is 9.49. The predicted molar refractivity (Wildman–Crippen MR) is 294 cm³/mol. The van der Waals surface area contributed by atoms with E-state index in [1.165, 1.54) is 0 Å². The van der Waals surface area contributed by atoms with Crippen LogP contribution in [0.2, 0.25) is 0 Å². The van der Waals surface area contributed by atoms with Gasteiger partial charge in [0.15, 0.2) is 17.3 Å². The Hall–Kier alpha value is -6.79. The summed E-state index contributed by atoms with van der Waals surface area (Å²) < 4.78 is 0. The molecule has 2 aliphatic heterocycles. The third-order valence-corrected chi connectivity index (χ3v) is 16.8. The molecule has 2 saturated heterocycles. The van der Waals surface area contributed by atoms with Crippen molar-refractivity contribution in [2.75, 3.05) is 26.2 Å². The fourth-order valence-corrected chi connectivity index (χ4v) is 12.8. The molecule has 2 heterocycles. The lowest BCUT2D eigenvalue weighted by Crippen LogP contribution is -2.57. The molecule has 10 rings (SSSR count). The minimum absolute atomic E-state index is 0.0677. The van der Waals surface area contributed by atoms with Crippen LogP contribution in [0.4, 0.5) is 0 Å². The number of benzene rings is 6. The molecule has 0 spiro atoms. The van der Waals surface area contributed by atoms with Gasteiger partial charge in [-0.3, -0.25) is 14.4 Å². The van der Waals surface area contributed by atoms with Crippen molar-refractivity contribution in [2.45, 2.75) is 66.2 Å². The molecule has 0 saturated carbocycles. The molecular formula is C67H68N2O3. The normalized spacial score (nSPS) is 24.3. The molecule has 6 unspecified atom stereocenters. The van der Waals surface area contributed by atoms with Gasteiger partial charge in [-0.05, 0) is 172 Å². The zero-order valence-corrected chi connectivity index (χ0v) is 42.4. The molecule has 0 radical (unpaired) electrons. The Morgan fingerprint density at radius 2 is 0.847 bits per heavy atom. The van der Waals surface area contributed by atoms with Crippen molar-refractivity contribution in [3.8, 4) is 0 Å². The topological polar surface area (TPSA) is 75.3 Å². The molecule has 6 aromatic rings. The van der Waals surface area contributed by atoms with E-state index < -0.39 is 10.8 Å². The summed E-state index contributed by atoms with van der Waals surface area (Å²) in [5.41, 5.74) is 10.2. The Morgan fingerprint density at radius 1 is 0.472 bits per heavy atom. The van der Waals surface area contributed by atoms with E-state index in [9.17, 15) is 0 Å². The highest BCUT2D eigenvalue weighted by Crippen LogP contribution is 2.58. The average Bonchev–Trinajstić information content (AvgIpc) is 3.43. The Morgan fingerprint density at radius 3 is 1.21 bits per heavy atom. The third kappa shape index (κ3) is 9.41. The summed E-state index contributed by atoms with van der Waals surface area (Å²) in [6.07, 6.45) is 13.7. The Kier molecular flexibility index (Phi) is 14.3. The summed E-state index contributed by atoms with van der Waals surface area (Å²) in [6.45, 7) is 11.9. The first kappa shape index (κ1) is 48.8. The van der Waals surface area contributed by atoms with E-state index in [0.29, 0.717) is 35.1 Å². The van der Waals surface area contributed by atoms with Crippen molar-refractivity contribution >= 4 is 28.5 Å². The van der Waals surface area contributed by atoms with Gasteiger partial charge in [-0.15, -0.1) is 0 Å². The summed E-state index contributed by atoms with van der Waals surface area (Å²) in [4.78, 5) is 49.7. The van der Waals surface area contributed by atoms with Crippen molar-refractivity contribution < 1.29 is 14.4 Å². The van der Waals surface area contributed by atoms with Crippen molar-refractivity contribution in [2.24, 2.45) is 34.5 Å². The Labute approximate surface area is 427 Å². The molecule has 5 nitrogen and oxygen atoms in total. The average molecular weight is 949 g/mol. The van der Waals surface area contributed by atoms with Gasteiger partial charge in [0.25, 0.3) is 0 Å². The number of carbonyl (C=O) groups is 3. The fraction of sp³-hybridized carbons (Fsp3) is 0.299. The molecule has 0 bridgehead atoms. The maximum Gasteiger partial charge on any atom is 0.193 e. The van der Waals surface area contributed by atoms with E-state index in [4.69, 9.17) is 0 Å². The van der Waals surface area contributed by atoms with E-state index in [0.717, 1.165) is 108 Å². The van der Waals surface area contributed by atoms with Crippen LogP contribution in [-0.2, 0) is 17.6 Å². The number of aryl methyl sites for hydroxylation is 2. The maximum absolute atomic E-state index is 18.2. The van der Waals surface area contributed by atoms with Crippen LogP contribution in [0.25, 0.3) is 11.1 Å². The largest absolute Gasteiger partial charge is 0.316 e. The first-order chi connectivity index (χ1) is 35.1. The van der Waals surface area contributed by atoms with Gasteiger partial charge in [0.2, 0.25) is 0 Å². The van der Waals surface area contributed by atoms with Crippen LogP contribution in [0.1, 0.15) is 90.9 Å². The van der Waals surface area contributed by atoms with Crippen molar-refractivity contribution in [3.05, 3.63) is 249 Å². The number of piperidine rings is 2. The first-order valence-electron chi connectivity index (χ1n) is 26.3. The second kappa shape index (κ2) is 21.1. The van der Waals surface area contributed by atoms with E-state index in [2.05, 4.69) is 148 Å². The molecule has 364 valence electrons. The highest BCUT2D eigenvalue weighted by Gasteiger charge is 2.59. The molecule has 72 heavy (non-hydrogen) atoms. The number of rotatable bonds is 14. The van der Waals surface area contributed by atoms with Crippen LogP contribution in [0.15, 0.2) is 193 Å². The molecule has 6 aromatic carbocycles. The van der Waals surface area contributed by atoms with Gasteiger partial charge in [0.1, 0.15) is 0 Å². The quantitative estimate of drug-likeness (QED) is 0.106. The molecule has 2 aliphatic carbocycles. The molecule has 0 aromatic heterocycles. The van der Waals surface area contributed by atoms with Crippen LogP contribution in [0.5, 0.6) is 0 Å². The lowest BCUT2D eigenvalue weighted by Gasteiger charge is -2.53. The summed E-state index contributed by atoms with van der Waals surface area (Å²) in [7, 11) is 0. The number of hydrogen-bond donors (Lipinski definition) is 2. The van der Waals surface area contributed by atoms with E-state index in [-0.39, 0.29) is 41.0 Å². The molecule has 2 N–H and O–H groups in total. The number of allylic oxidation sites excluding steroid dienone is 8. The number of Topliss-reactive ketones (excluding diaryl/α,β-unsaturated/α-hetero) is 3. The van der Waals surface area contributed by atoms with E-state index in [1.807, 2.05) is 72.8 Å². The molecule has 0 amide bonds. The molecule has 6 atom stereocenters. The van der Waals surface area contributed by atoms with Gasteiger partial charge in [0.05, 0.1) is 10.8 Å². The minimum Gasteiger partial charge on any atom is -0.316 e. The predicted octanol–water partition coefficient (Wildman–Crippen LogP) is 13.3. The maximum atomic E-state index is 18.2. The van der Waals surface area contributed by atoms with Crippen molar-refractivity contribution in [1.82, 2.24) is 10.6 Å². The highest BCUT2D eigenvalue weighted by atomic mass is 16.1. The SMILES string of the molecule is Cc1cccc(C2=CC(C3CCCNC3)C(Cc3ccccc3)(C(=O)C3(Cc4ccccc4)C=C(C(=O)c4ccccc4)C(c4cccc(C)c4C)=CC3C3CCCNC3)C=C2C(=O)c2ccccc2)c1C. The number of hydrogen-bond acceptors (Lipinski definition) is 5. The third-order valence-electron chi connectivity index (χ3n) is 16.8. The second-order valence-electron chi connectivity index (χ2n) is 21.2. The monoisotopic (exact) mass is 949 g/mol. The molecule has 4 aliphatic rings. The zero-order chi connectivity index (χ0) is 49.8. The number of carbonyl (C=O) groups excluding carboxylic acids is 3. The highest BCUT2D eigenvalue weighted by molar-refractivity contribution is 6.22. The van der Waals surface area contributed by atoms with Gasteiger partial charge < -0.3 is 10.6 Å². The van der Waals surface area contributed by atoms with Gasteiger partial charge in [-0.1, -0.05) is 182 Å². The minimum atomic E-state index is -1.25. The molecular weight excluding hydrogens is 881 g/mol.